The predicted molar refractivity (Wildman–Crippen MR) is 69.3 cm³/mol. The minimum Gasteiger partial charge on any atom is -0.295 e. The van der Waals surface area contributed by atoms with Gasteiger partial charge in [0.1, 0.15) is 0 Å². The third-order valence-corrected chi connectivity index (χ3v) is 3.19. The third kappa shape index (κ3) is 1.58. The van der Waals surface area contributed by atoms with E-state index in [0.29, 0.717) is 21.9 Å². The molecule has 0 atom stereocenters. The van der Waals surface area contributed by atoms with Crippen LogP contribution in [0.4, 0.5) is 0 Å². The van der Waals surface area contributed by atoms with Crippen LogP contribution in [0.5, 0.6) is 0 Å². The quantitative estimate of drug-likeness (QED) is 0.616. The number of hydrogen-bond acceptors (Lipinski definition) is 4. The lowest BCUT2D eigenvalue weighted by atomic mass is 9.92. The Morgan fingerprint density at radius 2 is 1.75 bits per heavy atom. The first-order valence-corrected chi connectivity index (χ1v) is 5.79. The van der Waals surface area contributed by atoms with Gasteiger partial charge in [-0.25, -0.2) is 0 Å². The Labute approximate surface area is 112 Å². The van der Waals surface area contributed by atoms with Gasteiger partial charge in [-0.15, -0.1) is 0 Å². The van der Waals surface area contributed by atoms with Crippen molar-refractivity contribution in [2.45, 2.75) is 0 Å². The smallest absolute Gasteiger partial charge is 0.258 e. The molecule has 98 valence electrons. The van der Waals surface area contributed by atoms with Crippen molar-refractivity contribution in [2.75, 3.05) is 0 Å². The molecule has 0 bridgehead atoms. The van der Waals surface area contributed by atoms with Crippen molar-refractivity contribution >= 4 is 34.9 Å². The molecule has 0 saturated carbocycles. The summed E-state index contributed by atoms with van der Waals surface area (Å²) in [6, 6.07) is 7.75. The topological polar surface area (TPSA) is 92.3 Å². The van der Waals surface area contributed by atoms with E-state index in [4.69, 9.17) is 0 Å². The monoisotopic (exact) mass is 268 g/mol. The molecule has 0 unspecified atom stereocenters. The first kappa shape index (κ1) is 12.0. The fourth-order valence-corrected chi connectivity index (χ4v) is 2.35. The van der Waals surface area contributed by atoms with Crippen LogP contribution < -0.4 is 10.6 Å². The van der Waals surface area contributed by atoms with Crippen molar-refractivity contribution in [3.63, 3.8) is 0 Å². The van der Waals surface area contributed by atoms with Gasteiger partial charge in [-0.2, -0.15) is 0 Å². The molecule has 6 nitrogen and oxygen atoms in total. The Balaban J connectivity index is 2.37. The van der Waals surface area contributed by atoms with E-state index in [-0.39, 0.29) is 12.0 Å². The van der Waals surface area contributed by atoms with E-state index in [1.807, 2.05) is 5.32 Å². The van der Waals surface area contributed by atoms with Gasteiger partial charge in [0.25, 0.3) is 17.7 Å². The van der Waals surface area contributed by atoms with E-state index < -0.39 is 17.7 Å². The summed E-state index contributed by atoms with van der Waals surface area (Å²) in [5.41, 5.74) is 0.899. The molecule has 4 amide bonds. The van der Waals surface area contributed by atoms with Crippen LogP contribution in [0, 0.1) is 0 Å². The number of rotatable bonds is 2. The van der Waals surface area contributed by atoms with E-state index in [1.165, 1.54) is 12.1 Å². The van der Waals surface area contributed by atoms with Crippen LogP contribution in [0.3, 0.4) is 0 Å². The highest BCUT2D eigenvalue weighted by atomic mass is 16.2. The zero-order valence-electron chi connectivity index (χ0n) is 10.1. The molecule has 3 rings (SSSR count). The Hall–Kier alpha value is -3.02. The summed E-state index contributed by atoms with van der Waals surface area (Å²) >= 11 is 0. The normalized spacial score (nSPS) is 13.0. The molecule has 0 fully saturated rings. The highest BCUT2D eigenvalue weighted by Crippen LogP contribution is 2.29. The lowest BCUT2D eigenvalue weighted by Crippen LogP contribution is -2.35. The molecule has 0 spiro atoms. The van der Waals surface area contributed by atoms with Crippen LogP contribution >= 0.6 is 0 Å². The summed E-state index contributed by atoms with van der Waals surface area (Å²) < 4.78 is 0. The molecule has 0 saturated heterocycles. The summed E-state index contributed by atoms with van der Waals surface area (Å²) in [5, 5.41) is 5.17. The van der Waals surface area contributed by atoms with Crippen molar-refractivity contribution in [3.8, 4) is 0 Å². The standard InChI is InChI=1S/C14H8N2O4/c17-6-15-12(18)8-4-5-10-11-7(8)2-1-3-9(11)13(19)16-14(10)20/h1-6H,(H,15,17,18)(H,16,19,20). The van der Waals surface area contributed by atoms with Gasteiger partial charge in [0.2, 0.25) is 6.41 Å². The van der Waals surface area contributed by atoms with E-state index in [0.717, 1.165) is 0 Å². The third-order valence-electron chi connectivity index (χ3n) is 3.19. The molecule has 0 radical (unpaired) electrons. The van der Waals surface area contributed by atoms with Gasteiger partial charge in [-0.3, -0.25) is 29.8 Å². The highest BCUT2D eigenvalue weighted by molar-refractivity contribution is 6.27. The zero-order chi connectivity index (χ0) is 14.3. The molecule has 0 aromatic heterocycles. The van der Waals surface area contributed by atoms with E-state index in [9.17, 15) is 19.2 Å². The summed E-state index contributed by atoms with van der Waals surface area (Å²) in [6.45, 7) is 0. The molecule has 2 N–H and O–H groups in total. The summed E-state index contributed by atoms with van der Waals surface area (Å²) in [4.78, 5) is 45.8. The van der Waals surface area contributed by atoms with Gasteiger partial charge < -0.3 is 0 Å². The van der Waals surface area contributed by atoms with Gasteiger partial charge in [0.15, 0.2) is 0 Å². The minimum absolute atomic E-state index is 0.236. The predicted octanol–water partition coefficient (Wildman–Crippen LogP) is 0.610. The maximum atomic E-state index is 11.8. The molecule has 6 heteroatoms. The number of carbonyl (C=O) groups is 4. The van der Waals surface area contributed by atoms with Crippen LogP contribution in [-0.4, -0.2) is 24.1 Å². The number of imide groups is 2. The van der Waals surface area contributed by atoms with E-state index in [2.05, 4.69) is 5.32 Å². The van der Waals surface area contributed by atoms with Crippen molar-refractivity contribution in [2.24, 2.45) is 0 Å². The largest absolute Gasteiger partial charge is 0.295 e. The van der Waals surface area contributed by atoms with Gasteiger partial charge in [0.05, 0.1) is 0 Å². The van der Waals surface area contributed by atoms with Crippen molar-refractivity contribution in [1.82, 2.24) is 10.6 Å². The fourth-order valence-electron chi connectivity index (χ4n) is 2.35. The van der Waals surface area contributed by atoms with Crippen LogP contribution in [-0.2, 0) is 4.79 Å². The Bertz CT molecular complexity index is 775. The average Bonchev–Trinajstić information content (AvgIpc) is 2.44. The molecular weight excluding hydrogens is 260 g/mol. The zero-order valence-corrected chi connectivity index (χ0v) is 10.1. The SMILES string of the molecule is O=CNC(=O)c1ccc2c3c(cccc13)C(=O)NC2=O. The van der Waals surface area contributed by atoms with Crippen LogP contribution in [0.25, 0.3) is 10.8 Å². The summed E-state index contributed by atoms with van der Waals surface area (Å²) in [6.07, 6.45) is 0.287. The second kappa shape index (κ2) is 4.27. The molecule has 2 aromatic carbocycles. The number of hydrogen-bond donors (Lipinski definition) is 2. The van der Waals surface area contributed by atoms with Crippen LogP contribution in [0.2, 0.25) is 0 Å². The van der Waals surface area contributed by atoms with Gasteiger partial charge in [-0.1, -0.05) is 12.1 Å². The number of amides is 4. The molecule has 20 heavy (non-hydrogen) atoms. The van der Waals surface area contributed by atoms with Crippen LogP contribution in [0.15, 0.2) is 30.3 Å². The van der Waals surface area contributed by atoms with Crippen molar-refractivity contribution in [1.29, 1.82) is 0 Å². The highest BCUT2D eigenvalue weighted by Gasteiger charge is 2.26. The molecule has 1 aliphatic rings. The Morgan fingerprint density at radius 1 is 1.05 bits per heavy atom. The number of carbonyl (C=O) groups excluding carboxylic acids is 4. The fraction of sp³-hybridized carbons (Fsp3) is 0. The maximum absolute atomic E-state index is 11.8. The lowest BCUT2D eigenvalue weighted by molar-refractivity contribution is -0.108. The van der Waals surface area contributed by atoms with E-state index >= 15 is 0 Å². The molecule has 1 aliphatic heterocycles. The maximum Gasteiger partial charge on any atom is 0.258 e. The Morgan fingerprint density at radius 3 is 2.45 bits per heavy atom. The van der Waals surface area contributed by atoms with Crippen molar-refractivity contribution in [3.05, 3.63) is 47.0 Å². The Kier molecular flexibility index (Phi) is 2.57. The second-order valence-corrected chi connectivity index (χ2v) is 4.26. The minimum atomic E-state index is -0.581. The molecule has 1 heterocycles. The molecule has 2 aromatic rings. The second-order valence-electron chi connectivity index (χ2n) is 4.26. The van der Waals surface area contributed by atoms with Crippen LogP contribution in [0.1, 0.15) is 31.1 Å². The molecule has 0 aliphatic carbocycles. The molecular formula is C14H8N2O4. The lowest BCUT2D eigenvalue weighted by Gasteiger charge is -2.17. The van der Waals surface area contributed by atoms with Gasteiger partial charge >= 0.3 is 0 Å². The number of nitrogens with one attached hydrogen (secondary N) is 2. The summed E-state index contributed by atoms with van der Waals surface area (Å²) in [7, 11) is 0. The summed E-state index contributed by atoms with van der Waals surface area (Å²) in [5.74, 6) is -1.58. The average molecular weight is 268 g/mol. The van der Waals surface area contributed by atoms with E-state index in [1.54, 1.807) is 18.2 Å². The van der Waals surface area contributed by atoms with Gasteiger partial charge in [0, 0.05) is 22.1 Å². The van der Waals surface area contributed by atoms with Crippen molar-refractivity contribution < 1.29 is 19.2 Å². The first-order chi connectivity index (χ1) is 9.63. The van der Waals surface area contributed by atoms with Gasteiger partial charge in [-0.05, 0) is 23.6 Å². The first-order valence-electron chi connectivity index (χ1n) is 5.79. The number of benzene rings is 2.